The van der Waals surface area contributed by atoms with Gasteiger partial charge in [-0.3, -0.25) is 4.18 Å². The quantitative estimate of drug-likeness (QED) is 0.421. The van der Waals surface area contributed by atoms with E-state index >= 15 is 0 Å². The highest BCUT2D eigenvalue weighted by Crippen LogP contribution is 1.87. The topological polar surface area (TPSA) is 61.8 Å². The van der Waals surface area contributed by atoms with Gasteiger partial charge in [0.15, 0.2) is 0 Å². The van der Waals surface area contributed by atoms with E-state index in [2.05, 4.69) is 4.18 Å². The summed E-state index contributed by atoms with van der Waals surface area (Å²) in [6.45, 7) is 4.08. The highest BCUT2D eigenvalue weighted by Gasteiger charge is 1.99. The Labute approximate surface area is 85.5 Å². The van der Waals surface area contributed by atoms with Crippen molar-refractivity contribution in [3.8, 4) is 0 Å². The molecule has 0 saturated heterocycles. The number of ether oxygens (including phenoxy) is 2. The molecule has 0 aromatic carbocycles. The molecular formula is C8H18O5S. The number of rotatable bonds is 9. The van der Waals surface area contributed by atoms with Gasteiger partial charge in [0, 0.05) is 6.61 Å². The van der Waals surface area contributed by atoms with Crippen molar-refractivity contribution >= 4 is 10.1 Å². The third-order valence-electron chi connectivity index (χ3n) is 1.25. The first-order valence-electron chi connectivity index (χ1n) is 4.56. The molecule has 14 heavy (non-hydrogen) atoms. The zero-order valence-electron chi connectivity index (χ0n) is 8.69. The van der Waals surface area contributed by atoms with Gasteiger partial charge in [0.05, 0.1) is 32.7 Å². The van der Waals surface area contributed by atoms with Crippen LogP contribution in [0.4, 0.5) is 0 Å². The molecule has 86 valence electrons. The van der Waals surface area contributed by atoms with E-state index < -0.39 is 10.1 Å². The van der Waals surface area contributed by atoms with Crippen molar-refractivity contribution in [2.45, 2.75) is 13.3 Å². The van der Waals surface area contributed by atoms with Crippen molar-refractivity contribution in [3.05, 3.63) is 0 Å². The van der Waals surface area contributed by atoms with Gasteiger partial charge in [0.1, 0.15) is 0 Å². The molecular weight excluding hydrogens is 208 g/mol. The van der Waals surface area contributed by atoms with Gasteiger partial charge >= 0.3 is 0 Å². The Bertz CT molecular complexity index is 212. The van der Waals surface area contributed by atoms with Crippen LogP contribution in [0.25, 0.3) is 0 Å². The van der Waals surface area contributed by atoms with Crippen LogP contribution in [0.3, 0.4) is 0 Å². The monoisotopic (exact) mass is 226 g/mol. The van der Waals surface area contributed by atoms with Crippen molar-refractivity contribution in [2.24, 2.45) is 0 Å². The summed E-state index contributed by atoms with van der Waals surface area (Å²) >= 11 is 0. The molecule has 0 spiro atoms. The van der Waals surface area contributed by atoms with Gasteiger partial charge in [0.25, 0.3) is 10.1 Å². The molecule has 0 aliphatic carbocycles. The highest BCUT2D eigenvalue weighted by atomic mass is 32.2. The van der Waals surface area contributed by atoms with E-state index in [9.17, 15) is 8.42 Å². The largest absolute Gasteiger partial charge is 0.379 e. The molecule has 0 bridgehead atoms. The lowest BCUT2D eigenvalue weighted by Gasteiger charge is -2.04. The average Bonchev–Trinajstić information content (AvgIpc) is 2.08. The van der Waals surface area contributed by atoms with Gasteiger partial charge in [-0.05, 0) is 6.42 Å². The van der Waals surface area contributed by atoms with Crippen LogP contribution in [0.15, 0.2) is 0 Å². The molecule has 0 saturated carbocycles. The zero-order valence-corrected chi connectivity index (χ0v) is 9.51. The van der Waals surface area contributed by atoms with Crippen LogP contribution in [-0.4, -0.2) is 47.7 Å². The molecule has 0 atom stereocenters. The van der Waals surface area contributed by atoms with Crippen LogP contribution in [0, 0.1) is 0 Å². The molecule has 0 N–H and O–H groups in total. The smallest absolute Gasteiger partial charge is 0.264 e. The first-order chi connectivity index (χ1) is 6.56. The summed E-state index contributed by atoms with van der Waals surface area (Å²) in [5.41, 5.74) is 0. The van der Waals surface area contributed by atoms with Gasteiger partial charge in [-0.1, -0.05) is 6.92 Å². The summed E-state index contributed by atoms with van der Waals surface area (Å²) in [6, 6.07) is 0. The normalized spacial score (nSPS) is 11.9. The minimum atomic E-state index is -3.34. The van der Waals surface area contributed by atoms with E-state index in [4.69, 9.17) is 9.47 Å². The summed E-state index contributed by atoms with van der Waals surface area (Å²) in [5.74, 6) is 0. The SMILES string of the molecule is CCCOCCOCCOS(C)(=O)=O. The summed E-state index contributed by atoms with van der Waals surface area (Å²) in [7, 11) is -3.34. The fourth-order valence-electron chi connectivity index (χ4n) is 0.711. The molecule has 0 aromatic heterocycles. The Morgan fingerprint density at radius 1 is 0.929 bits per heavy atom. The van der Waals surface area contributed by atoms with E-state index in [-0.39, 0.29) is 13.2 Å². The Hall–Kier alpha value is -0.170. The Kier molecular flexibility index (Phi) is 8.07. The summed E-state index contributed by atoms with van der Waals surface area (Å²) in [6.07, 6.45) is 1.99. The van der Waals surface area contributed by atoms with E-state index in [0.29, 0.717) is 13.2 Å². The summed E-state index contributed by atoms with van der Waals surface area (Å²) in [4.78, 5) is 0. The molecule has 0 aliphatic rings. The Balaban J connectivity index is 3.07. The van der Waals surface area contributed by atoms with E-state index in [1.807, 2.05) is 6.92 Å². The maximum atomic E-state index is 10.5. The van der Waals surface area contributed by atoms with Crippen LogP contribution < -0.4 is 0 Å². The second-order valence-electron chi connectivity index (χ2n) is 2.75. The molecule has 0 unspecified atom stereocenters. The fourth-order valence-corrected chi connectivity index (χ4v) is 1.08. The molecule has 0 aromatic rings. The Morgan fingerprint density at radius 2 is 1.43 bits per heavy atom. The molecule has 0 fully saturated rings. The van der Waals surface area contributed by atoms with E-state index in [0.717, 1.165) is 19.3 Å². The van der Waals surface area contributed by atoms with Crippen molar-refractivity contribution in [1.29, 1.82) is 0 Å². The van der Waals surface area contributed by atoms with E-state index in [1.54, 1.807) is 0 Å². The maximum Gasteiger partial charge on any atom is 0.264 e. The van der Waals surface area contributed by atoms with Crippen LogP contribution >= 0.6 is 0 Å². The average molecular weight is 226 g/mol. The van der Waals surface area contributed by atoms with Gasteiger partial charge < -0.3 is 9.47 Å². The molecule has 0 rings (SSSR count). The van der Waals surface area contributed by atoms with E-state index in [1.165, 1.54) is 0 Å². The van der Waals surface area contributed by atoms with Crippen molar-refractivity contribution in [1.82, 2.24) is 0 Å². The van der Waals surface area contributed by atoms with Gasteiger partial charge in [-0.15, -0.1) is 0 Å². The summed E-state index contributed by atoms with van der Waals surface area (Å²) in [5, 5.41) is 0. The first kappa shape index (κ1) is 13.8. The lowest BCUT2D eigenvalue weighted by molar-refractivity contribution is 0.0374. The van der Waals surface area contributed by atoms with Crippen LogP contribution in [0.5, 0.6) is 0 Å². The molecule has 0 heterocycles. The minimum Gasteiger partial charge on any atom is -0.379 e. The van der Waals surface area contributed by atoms with Crippen molar-refractivity contribution in [2.75, 3.05) is 39.3 Å². The lowest BCUT2D eigenvalue weighted by Crippen LogP contribution is -2.12. The minimum absolute atomic E-state index is 0.0621. The van der Waals surface area contributed by atoms with Gasteiger partial charge in [-0.2, -0.15) is 8.42 Å². The lowest BCUT2D eigenvalue weighted by atomic mass is 10.5. The van der Waals surface area contributed by atoms with Crippen LogP contribution in [0.1, 0.15) is 13.3 Å². The second-order valence-corrected chi connectivity index (χ2v) is 4.39. The number of hydrogen-bond acceptors (Lipinski definition) is 5. The van der Waals surface area contributed by atoms with Crippen molar-refractivity contribution in [3.63, 3.8) is 0 Å². The third kappa shape index (κ3) is 11.8. The predicted octanol–water partition coefficient (Wildman–Crippen LogP) is 0.406. The molecule has 0 aliphatic heterocycles. The standard InChI is InChI=1S/C8H18O5S/c1-3-4-11-5-6-12-7-8-13-14(2,9)10/h3-8H2,1-2H3. The first-order valence-corrected chi connectivity index (χ1v) is 6.38. The Morgan fingerprint density at radius 3 is 1.93 bits per heavy atom. The molecule has 5 nitrogen and oxygen atoms in total. The van der Waals surface area contributed by atoms with Gasteiger partial charge in [0.2, 0.25) is 0 Å². The van der Waals surface area contributed by atoms with Crippen LogP contribution in [0.2, 0.25) is 0 Å². The molecule has 6 heteroatoms. The second kappa shape index (κ2) is 8.16. The van der Waals surface area contributed by atoms with Gasteiger partial charge in [-0.25, -0.2) is 0 Å². The van der Waals surface area contributed by atoms with Crippen LogP contribution in [-0.2, 0) is 23.8 Å². The molecule has 0 amide bonds. The van der Waals surface area contributed by atoms with Crippen molar-refractivity contribution < 1.29 is 22.1 Å². The zero-order chi connectivity index (χ0) is 10.9. The number of hydrogen-bond donors (Lipinski definition) is 0. The highest BCUT2D eigenvalue weighted by molar-refractivity contribution is 7.85. The summed E-state index contributed by atoms with van der Waals surface area (Å²) < 4.78 is 35.7. The third-order valence-corrected chi connectivity index (χ3v) is 1.84. The maximum absolute atomic E-state index is 10.5. The fraction of sp³-hybridized carbons (Fsp3) is 1.00. The molecule has 0 radical (unpaired) electrons. The predicted molar refractivity (Wildman–Crippen MR) is 52.7 cm³/mol.